The second kappa shape index (κ2) is 7.14. The third-order valence-electron chi connectivity index (χ3n) is 4.83. The fraction of sp³-hybridized carbons (Fsp3) is 0.278. The number of fused-ring (bicyclic) bond motifs is 1. The van der Waals surface area contributed by atoms with Crippen molar-refractivity contribution in [3.8, 4) is 11.5 Å². The Balaban J connectivity index is 1.78. The summed E-state index contributed by atoms with van der Waals surface area (Å²) in [6, 6.07) is 11.8. The maximum absolute atomic E-state index is 11.2. The first-order chi connectivity index (χ1) is 13.6. The summed E-state index contributed by atoms with van der Waals surface area (Å²) in [5.41, 5.74) is 1.70. The van der Waals surface area contributed by atoms with E-state index >= 15 is 0 Å². The number of anilines is 1. The van der Waals surface area contributed by atoms with Crippen LogP contribution in [0.1, 0.15) is 29.6 Å². The lowest BCUT2D eigenvalue weighted by Crippen LogP contribution is -2.28. The maximum Gasteiger partial charge on any atom is 0.269 e. The topological polar surface area (TPSA) is 117 Å². The lowest BCUT2D eigenvalue weighted by Gasteiger charge is -2.31. The molecule has 2 atom stereocenters. The van der Waals surface area contributed by atoms with Crippen LogP contribution in [0.4, 0.5) is 11.6 Å². The molecular formula is C18H18N6O4. The van der Waals surface area contributed by atoms with Gasteiger partial charge in [0.25, 0.3) is 5.69 Å². The molecule has 4 rings (SSSR count). The van der Waals surface area contributed by atoms with Crippen LogP contribution in [-0.4, -0.2) is 39.4 Å². The fourth-order valence-corrected chi connectivity index (χ4v) is 3.54. The van der Waals surface area contributed by atoms with Crippen LogP contribution in [0.5, 0.6) is 11.5 Å². The molecule has 0 saturated heterocycles. The normalized spacial score (nSPS) is 18.1. The molecule has 3 aromatic rings. The van der Waals surface area contributed by atoms with Crippen LogP contribution in [0.3, 0.4) is 0 Å². The number of hydrogen-bond donors (Lipinski definition) is 1. The first kappa shape index (κ1) is 17.7. The van der Waals surface area contributed by atoms with E-state index in [4.69, 9.17) is 9.47 Å². The summed E-state index contributed by atoms with van der Waals surface area (Å²) < 4.78 is 12.7. The van der Waals surface area contributed by atoms with Crippen LogP contribution in [0.25, 0.3) is 0 Å². The van der Waals surface area contributed by atoms with Gasteiger partial charge < -0.3 is 14.8 Å². The monoisotopic (exact) mass is 382 g/mol. The molecule has 1 aliphatic rings. The molecule has 0 fully saturated rings. The first-order valence-corrected chi connectivity index (χ1v) is 8.62. The number of non-ortho nitro benzene ring substituents is 1. The van der Waals surface area contributed by atoms with E-state index in [1.807, 2.05) is 24.3 Å². The van der Waals surface area contributed by atoms with E-state index in [-0.39, 0.29) is 17.8 Å². The molecule has 0 radical (unpaired) electrons. The highest BCUT2D eigenvalue weighted by Gasteiger charge is 2.33. The van der Waals surface area contributed by atoms with Gasteiger partial charge in [-0.3, -0.25) is 10.1 Å². The molecule has 2 aromatic carbocycles. The van der Waals surface area contributed by atoms with Crippen LogP contribution >= 0.6 is 0 Å². The smallest absolute Gasteiger partial charge is 0.269 e. The molecule has 1 aromatic heterocycles. The third kappa shape index (κ3) is 2.98. The molecular weight excluding hydrogens is 364 g/mol. The molecule has 28 heavy (non-hydrogen) atoms. The van der Waals surface area contributed by atoms with Gasteiger partial charge in [-0.25, -0.2) is 4.68 Å². The third-order valence-corrected chi connectivity index (χ3v) is 4.83. The SMILES string of the molecule is COc1cccc([C@@H]2C[C@@H](c3cccc([N+](=O)[O-])c3)Nc3nnnn32)c1OC. The number of nitro benzene ring substituents is 1. The highest BCUT2D eigenvalue weighted by molar-refractivity contribution is 5.50. The molecule has 0 saturated carbocycles. The number of nitro groups is 1. The van der Waals surface area contributed by atoms with Gasteiger partial charge in [0.1, 0.15) is 0 Å². The van der Waals surface area contributed by atoms with Gasteiger partial charge in [-0.05, 0) is 28.5 Å². The summed E-state index contributed by atoms with van der Waals surface area (Å²) in [6.45, 7) is 0. The number of tetrazole rings is 1. The van der Waals surface area contributed by atoms with Crippen molar-refractivity contribution in [2.75, 3.05) is 19.5 Å². The minimum atomic E-state index is -0.404. The van der Waals surface area contributed by atoms with Crippen LogP contribution in [-0.2, 0) is 0 Å². The molecule has 144 valence electrons. The predicted octanol–water partition coefficient (Wildman–Crippen LogP) is 2.74. The summed E-state index contributed by atoms with van der Waals surface area (Å²) in [5.74, 6) is 1.70. The number of ether oxygens (including phenoxy) is 2. The van der Waals surface area contributed by atoms with Crippen molar-refractivity contribution < 1.29 is 14.4 Å². The highest BCUT2D eigenvalue weighted by atomic mass is 16.6. The Hall–Kier alpha value is -3.69. The summed E-state index contributed by atoms with van der Waals surface area (Å²) >= 11 is 0. The lowest BCUT2D eigenvalue weighted by molar-refractivity contribution is -0.384. The second-order valence-corrected chi connectivity index (χ2v) is 6.33. The van der Waals surface area contributed by atoms with Gasteiger partial charge in [-0.15, -0.1) is 0 Å². The lowest BCUT2D eigenvalue weighted by atomic mass is 9.92. The largest absolute Gasteiger partial charge is 0.493 e. The summed E-state index contributed by atoms with van der Waals surface area (Å²) in [6.07, 6.45) is 0.572. The van der Waals surface area contributed by atoms with Crippen molar-refractivity contribution in [1.29, 1.82) is 0 Å². The van der Waals surface area contributed by atoms with E-state index in [0.29, 0.717) is 23.9 Å². The maximum atomic E-state index is 11.2. The molecule has 0 spiro atoms. The molecule has 1 N–H and O–H groups in total. The van der Waals surface area contributed by atoms with E-state index in [1.54, 1.807) is 31.0 Å². The van der Waals surface area contributed by atoms with E-state index in [1.165, 1.54) is 6.07 Å². The quantitative estimate of drug-likeness (QED) is 0.529. The molecule has 0 aliphatic carbocycles. The summed E-state index contributed by atoms with van der Waals surface area (Å²) in [7, 11) is 3.17. The second-order valence-electron chi connectivity index (χ2n) is 6.33. The van der Waals surface area contributed by atoms with Crippen LogP contribution in [0.15, 0.2) is 42.5 Å². The van der Waals surface area contributed by atoms with Crippen molar-refractivity contribution >= 4 is 11.6 Å². The Morgan fingerprint density at radius 1 is 1.21 bits per heavy atom. The Labute approximate surface area is 160 Å². The zero-order chi connectivity index (χ0) is 19.7. The van der Waals surface area contributed by atoms with E-state index in [2.05, 4.69) is 20.8 Å². The molecule has 10 nitrogen and oxygen atoms in total. The first-order valence-electron chi connectivity index (χ1n) is 8.62. The Bertz CT molecular complexity index is 1020. The summed E-state index contributed by atoms with van der Waals surface area (Å²) in [5, 5.41) is 26.3. The molecule has 0 amide bonds. The van der Waals surface area contributed by atoms with Gasteiger partial charge in [0.2, 0.25) is 5.95 Å². The van der Waals surface area contributed by atoms with E-state index < -0.39 is 4.92 Å². The Morgan fingerprint density at radius 2 is 2.04 bits per heavy atom. The highest BCUT2D eigenvalue weighted by Crippen LogP contribution is 2.43. The minimum Gasteiger partial charge on any atom is -0.493 e. The number of nitrogens with one attached hydrogen (secondary N) is 1. The van der Waals surface area contributed by atoms with E-state index in [9.17, 15) is 10.1 Å². The van der Waals surface area contributed by atoms with Crippen molar-refractivity contribution in [1.82, 2.24) is 20.2 Å². The molecule has 1 aliphatic heterocycles. The van der Waals surface area contributed by atoms with E-state index in [0.717, 1.165) is 11.1 Å². The molecule has 0 unspecified atom stereocenters. The number of nitrogens with zero attached hydrogens (tertiary/aromatic N) is 5. The minimum absolute atomic E-state index is 0.0416. The number of benzene rings is 2. The van der Waals surface area contributed by atoms with Gasteiger partial charge in [0.15, 0.2) is 11.5 Å². The fourth-order valence-electron chi connectivity index (χ4n) is 3.54. The van der Waals surface area contributed by atoms with Gasteiger partial charge in [-0.2, -0.15) is 0 Å². The van der Waals surface area contributed by atoms with Gasteiger partial charge in [0, 0.05) is 17.7 Å². The van der Waals surface area contributed by atoms with Crippen LogP contribution in [0, 0.1) is 10.1 Å². The zero-order valence-corrected chi connectivity index (χ0v) is 15.3. The van der Waals surface area contributed by atoms with Gasteiger partial charge >= 0.3 is 0 Å². The number of rotatable bonds is 5. The van der Waals surface area contributed by atoms with Gasteiger partial charge in [0.05, 0.1) is 31.2 Å². The number of methoxy groups -OCH3 is 2. The Kier molecular flexibility index (Phi) is 4.52. The zero-order valence-electron chi connectivity index (χ0n) is 15.3. The van der Waals surface area contributed by atoms with Crippen molar-refractivity contribution in [2.24, 2.45) is 0 Å². The molecule has 2 heterocycles. The number of para-hydroxylation sites is 1. The predicted molar refractivity (Wildman–Crippen MR) is 99.6 cm³/mol. The number of aromatic nitrogens is 4. The summed E-state index contributed by atoms with van der Waals surface area (Å²) in [4.78, 5) is 10.7. The number of hydrogen-bond acceptors (Lipinski definition) is 8. The standard InChI is InChI=1S/C18H18N6O4/c1-27-16-8-4-7-13(17(16)28-2)15-10-14(19-18-20-21-22-23(15)18)11-5-3-6-12(9-11)24(25)26/h3-9,14-15H,10H2,1-2H3,(H,19,20,22)/t14-,15-/m0/s1. The van der Waals surface area contributed by atoms with Gasteiger partial charge in [-0.1, -0.05) is 29.4 Å². The van der Waals surface area contributed by atoms with Crippen molar-refractivity contribution in [3.63, 3.8) is 0 Å². The Morgan fingerprint density at radius 3 is 2.79 bits per heavy atom. The molecule has 10 heteroatoms. The molecule has 0 bridgehead atoms. The van der Waals surface area contributed by atoms with Crippen LogP contribution in [0.2, 0.25) is 0 Å². The van der Waals surface area contributed by atoms with Crippen LogP contribution < -0.4 is 14.8 Å². The average molecular weight is 382 g/mol. The van der Waals surface area contributed by atoms with Crippen molar-refractivity contribution in [2.45, 2.75) is 18.5 Å². The van der Waals surface area contributed by atoms with Crippen molar-refractivity contribution in [3.05, 3.63) is 63.7 Å². The average Bonchev–Trinajstić information content (AvgIpc) is 3.21.